The maximum Gasteiger partial charge on any atom is 0.0696 e. The third-order valence-electron chi connectivity index (χ3n) is 4.24. The molecule has 2 N–H and O–H groups in total. The summed E-state index contributed by atoms with van der Waals surface area (Å²) in [6.07, 6.45) is -0.166. The van der Waals surface area contributed by atoms with Crippen LogP contribution in [0.5, 0.6) is 0 Å². The molecule has 0 unspecified atom stereocenters. The second-order valence-corrected chi connectivity index (χ2v) is 6.31. The maximum absolute atomic E-state index is 10.4. The standard InChI is InChI=1S/C12H24N2O/c1-9(2)14-7-11(3)5-13-6-12(4,8-14)10(11)15/h9-10,13,15H,5-8H2,1-4H3/t11-,12-/m1/s1. The molecule has 0 aromatic heterocycles. The van der Waals surface area contributed by atoms with Crippen LogP contribution < -0.4 is 5.32 Å². The van der Waals surface area contributed by atoms with E-state index < -0.39 is 0 Å². The van der Waals surface area contributed by atoms with E-state index in [1.54, 1.807) is 0 Å². The minimum Gasteiger partial charge on any atom is -0.392 e. The Morgan fingerprint density at radius 2 is 1.67 bits per heavy atom. The lowest BCUT2D eigenvalue weighted by molar-refractivity contribution is -0.147. The number of nitrogens with zero attached hydrogens (tertiary/aromatic N) is 1. The Hall–Kier alpha value is -0.120. The topological polar surface area (TPSA) is 35.5 Å². The average Bonchev–Trinajstić information content (AvgIpc) is 2.10. The summed E-state index contributed by atoms with van der Waals surface area (Å²) >= 11 is 0. The first-order valence-electron chi connectivity index (χ1n) is 6.00. The van der Waals surface area contributed by atoms with Crippen LogP contribution in [0.2, 0.25) is 0 Å². The summed E-state index contributed by atoms with van der Waals surface area (Å²) in [6, 6.07) is 0.578. The van der Waals surface area contributed by atoms with Crippen molar-refractivity contribution >= 4 is 0 Å². The second-order valence-electron chi connectivity index (χ2n) is 6.31. The number of likely N-dealkylation sites (tertiary alicyclic amines) is 1. The molecule has 2 aliphatic rings. The lowest BCUT2D eigenvalue weighted by Gasteiger charge is -2.58. The molecule has 0 amide bonds. The Balaban J connectivity index is 2.25. The Kier molecular flexibility index (Phi) is 2.61. The van der Waals surface area contributed by atoms with E-state index in [-0.39, 0.29) is 16.9 Å². The number of aliphatic hydroxyl groups is 1. The van der Waals surface area contributed by atoms with E-state index in [1.165, 1.54) is 0 Å². The van der Waals surface area contributed by atoms with E-state index in [9.17, 15) is 5.11 Å². The minimum atomic E-state index is -0.166. The summed E-state index contributed by atoms with van der Waals surface area (Å²) in [5.41, 5.74) is 0.0467. The third kappa shape index (κ3) is 1.71. The number of piperidine rings is 2. The van der Waals surface area contributed by atoms with E-state index in [2.05, 4.69) is 37.9 Å². The van der Waals surface area contributed by atoms with E-state index in [0.29, 0.717) is 6.04 Å². The lowest BCUT2D eigenvalue weighted by Crippen LogP contribution is -2.70. The lowest BCUT2D eigenvalue weighted by atomic mass is 9.63. The molecule has 88 valence electrons. The van der Waals surface area contributed by atoms with E-state index in [1.807, 2.05) is 0 Å². The molecule has 0 aliphatic carbocycles. The first-order chi connectivity index (χ1) is 6.87. The SMILES string of the molecule is CC(C)N1C[C@@]2(C)CNC[C@](C)(C1)C2O. The van der Waals surface area contributed by atoms with Crippen LogP contribution in [-0.2, 0) is 0 Å². The van der Waals surface area contributed by atoms with Gasteiger partial charge in [0.05, 0.1) is 6.10 Å². The van der Waals surface area contributed by atoms with E-state index in [0.717, 1.165) is 26.2 Å². The van der Waals surface area contributed by atoms with Gasteiger partial charge in [-0.1, -0.05) is 13.8 Å². The van der Waals surface area contributed by atoms with Crippen molar-refractivity contribution < 1.29 is 5.11 Å². The molecule has 2 heterocycles. The molecule has 2 aliphatic heterocycles. The Labute approximate surface area is 92.8 Å². The molecule has 0 aromatic rings. The van der Waals surface area contributed by atoms with Crippen LogP contribution in [0, 0.1) is 10.8 Å². The fraction of sp³-hybridized carbons (Fsp3) is 1.00. The first kappa shape index (κ1) is 11.4. The summed E-state index contributed by atoms with van der Waals surface area (Å²) in [5, 5.41) is 13.9. The van der Waals surface area contributed by atoms with Gasteiger partial charge in [0.25, 0.3) is 0 Å². The van der Waals surface area contributed by atoms with Crippen LogP contribution in [-0.4, -0.2) is 48.3 Å². The normalized spacial score (nSPS) is 47.2. The largest absolute Gasteiger partial charge is 0.392 e. The highest BCUT2D eigenvalue weighted by molar-refractivity contribution is 5.07. The fourth-order valence-electron chi connectivity index (χ4n) is 3.30. The predicted octanol–water partition coefficient (Wildman–Crippen LogP) is 0.687. The van der Waals surface area contributed by atoms with Crippen molar-refractivity contribution in [2.75, 3.05) is 26.2 Å². The number of nitrogens with one attached hydrogen (secondary N) is 1. The third-order valence-corrected chi connectivity index (χ3v) is 4.24. The summed E-state index contributed by atoms with van der Waals surface area (Å²) < 4.78 is 0. The predicted molar refractivity (Wildman–Crippen MR) is 61.8 cm³/mol. The average molecular weight is 212 g/mol. The molecule has 2 bridgehead atoms. The van der Waals surface area contributed by atoms with Crippen LogP contribution in [0.1, 0.15) is 27.7 Å². The van der Waals surface area contributed by atoms with Crippen LogP contribution in [0.3, 0.4) is 0 Å². The van der Waals surface area contributed by atoms with Gasteiger partial charge in [0, 0.05) is 43.1 Å². The van der Waals surface area contributed by atoms with Gasteiger partial charge in [-0.2, -0.15) is 0 Å². The van der Waals surface area contributed by atoms with Crippen molar-refractivity contribution in [2.24, 2.45) is 10.8 Å². The number of fused-ring (bicyclic) bond motifs is 2. The summed E-state index contributed by atoms with van der Waals surface area (Å²) in [6.45, 7) is 12.8. The van der Waals surface area contributed by atoms with Crippen molar-refractivity contribution in [1.29, 1.82) is 0 Å². The Bertz CT molecular complexity index is 236. The van der Waals surface area contributed by atoms with Gasteiger partial charge in [0.2, 0.25) is 0 Å². The van der Waals surface area contributed by atoms with Crippen molar-refractivity contribution in [3.8, 4) is 0 Å². The van der Waals surface area contributed by atoms with Crippen LogP contribution in [0.4, 0.5) is 0 Å². The number of hydrogen-bond acceptors (Lipinski definition) is 3. The van der Waals surface area contributed by atoms with Crippen LogP contribution in [0.15, 0.2) is 0 Å². The van der Waals surface area contributed by atoms with Crippen LogP contribution in [0.25, 0.3) is 0 Å². The van der Waals surface area contributed by atoms with Gasteiger partial charge in [-0.05, 0) is 13.8 Å². The molecular weight excluding hydrogens is 188 g/mol. The number of aliphatic hydroxyl groups excluding tert-OH is 1. The first-order valence-corrected chi connectivity index (χ1v) is 6.00. The molecule has 2 saturated heterocycles. The maximum atomic E-state index is 10.4. The van der Waals surface area contributed by atoms with Crippen molar-refractivity contribution in [3.63, 3.8) is 0 Å². The fourth-order valence-corrected chi connectivity index (χ4v) is 3.30. The molecule has 15 heavy (non-hydrogen) atoms. The molecule has 2 rings (SSSR count). The van der Waals surface area contributed by atoms with Gasteiger partial charge in [0.1, 0.15) is 0 Å². The van der Waals surface area contributed by atoms with E-state index in [4.69, 9.17) is 0 Å². The molecule has 0 spiro atoms. The molecule has 0 radical (unpaired) electrons. The van der Waals surface area contributed by atoms with Crippen LogP contribution >= 0.6 is 0 Å². The summed E-state index contributed by atoms with van der Waals surface area (Å²) in [4.78, 5) is 2.51. The Morgan fingerprint density at radius 1 is 1.20 bits per heavy atom. The number of rotatable bonds is 1. The molecule has 2 fully saturated rings. The van der Waals surface area contributed by atoms with E-state index >= 15 is 0 Å². The van der Waals surface area contributed by atoms with Crippen molar-refractivity contribution in [3.05, 3.63) is 0 Å². The zero-order valence-electron chi connectivity index (χ0n) is 10.4. The van der Waals surface area contributed by atoms with Gasteiger partial charge in [-0.3, -0.25) is 4.90 Å². The van der Waals surface area contributed by atoms with Gasteiger partial charge in [-0.15, -0.1) is 0 Å². The van der Waals surface area contributed by atoms with Crippen molar-refractivity contribution in [2.45, 2.75) is 39.8 Å². The quantitative estimate of drug-likeness (QED) is 0.671. The van der Waals surface area contributed by atoms with Gasteiger partial charge < -0.3 is 10.4 Å². The molecule has 3 heteroatoms. The molecule has 3 nitrogen and oxygen atoms in total. The zero-order chi connectivity index (χ0) is 11.3. The highest BCUT2D eigenvalue weighted by atomic mass is 16.3. The summed E-state index contributed by atoms with van der Waals surface area (Å²) in [5.74, 6) is 0. The molecular formula is C12H24N2O. The van der Waals surface area contributed by atoms with Gasteiger partial charge in [-0.25, -0.2) is 0 Å². The monoisotopic (exact) mass is 212 g/mol. The Morgan fingerprint density at radius 3 is 2.07 bits per heavy atom. The molecule has 0 saturated carbocycles. The smallest absolute Gasteiger partial charge is 0.0696 e. The molecule has 2 atom stereocenters. The van der Waals surface area contributed by atoms with Crippen molar-refractivity contribution in [1.82, 2.24) is 10.2 Å². The second kappa shape index (κ2) is 3.44. The molecule has 0 aromatic carbocycles. The summed E-state index contributed by atoms with van der Waals surface area (Å²) in [7, 11) is 0. The van der Waals surface area contributed by atoms with Gasteiger partial charge in [0.15, 0.2) is 0 Å². The van der Waals surface area contributed by atoms with Gasteiger partial charge >= 0.3 is 0 Å². The zero-order valence-corrected chi connectivity index (χ0v) is 10.4. The highest BCUT2D eigenvalue weighted by Gasteiger charge is 2.53. The minimum absolute atomic E-state index is 0.0233. The highest BCUT2D eigenvalue weighted by Crippen LogP contribution is 2.43. The number of hydrogen-bond donors (Lipinski definition) is 2.